The number of nitrogens with zero attached hydrogens (tertiary/aromatic N) is 3. The predicted molar refractivity (Wildman–Crippen MR) is 79.1 cm³/mol. The van der Waals surface area contributed by atoms with Gasteiger partial charge in [-0.1, -0.05) is 18.1 Å². The quantitative estimate of drug-likeness (QED) is 0.871. The number of rotatable bonds is 4. The van der Waals surface area contributed by atoms with E-state index in [0.717, 1.165) is 12.8 Å². The smallest absolute Gasteiger partial charge is 0.232 e. The molecule has 1 aliphatic heterocycles. The maximum Gasteiger partial charge on any atom is 0.232 e. The van der Waals surface area contributed by atoms with Gasteiger partial charge in [0.2, 0.25) is 11.8 Å². The number of carbonyl (C=O) groups is 1. The molecule has 2 aromatic rings. The van der Waals surface area contributed by atoms with E-state index in [-0.39, 0.29) is 17.6 Å². The molecule has 5 nitrogen and oxygen atoms in total. The lowest BCUT2D eigenvalue weighted by Gasteiger charge is -2.18. The van der Waals surface area contributed by atoms with Crippen LogP contribution in [-0.2, 0) is 11.2 Å². The molecule has 0 spiro atoms. The van der Waals surface area contributed by atoms with Gasteiger partial charge >= 0.3 is 0 Å². The van der Waals surface area contributed by atoms with Gasteiger partial charge in [0.1, 0.15) is 5.82 Å². The summed E-state index contributed by atoms with van der Waals surface area (Å²) in [6.45, 7) is 4.16. The van der Waals surface area contributed by atoms with Gasteiger partial charge in [0.15, 0.2) is 5.82 Å². The van der Waals surface area contributed by atoms with Crippen LogP contribution in [0.15, 0.2) is 22.7 Å². The number of halogens is 1. The summed E-state index contributed by atoms with van der Waals surface area (Å²) in [6.07, 6.45) is 2.01. The molecule has 1 unspecified atom stereocenters. The molecular weight excluding hydrogens is 285 g/mol. The third-order valence-electron chi connectivity index (χ3n) is 3.96. The lowest BCUT2D eigenvalue weighted by Crippen LogP contribution is -2.25. The highest BCUT2D eigenvalue weighted by Crippen LogP contribution is 2.33. The molecule has 0 saturated carbocycles. The Hall–Kier alpha value is -2.24. The van der Waals surface area contributed by atoms with E-state index in [1.54, 1.807) is 24.0 Å². The van der Waals surface area contributed by atoms with Gasteiger partial charge in [-0.15, -0.1) is 0 Å². The summed E-state index contributed by atoms with van der Waals surface area (Å²) in [4.78, 5) is 18.2. The van der Waals surface area contributed by atoms with Gasteiger partial charge in [-0.3, -0.25) is 4.79 Å². The zero-order valence-corrected chi connectivity index (χ0v) is 12.7. The molecule has 0 bridgehead atoms. The molecule has 1 aliphatic rings. The number of anilines is 1. The number of benzene rings is 1. The number of aryl methyl sites for hydroxylation is 1. The largest absolute Gasteiger partial charge is 0.339 e. The van der Waals surface area contributed by atoms with E-state index in [1.807, 2.05) is 6.92 Å². The van der Waals surface area contributed by atoms with Crippen LogP contribution >= 0.6 is 0 Å². The molecule has 0 aliphatic carbocycles. The van der Waals surface area contributed by atoms with E-state index in [2.05, 4.69) is 10.1 Å². The van der Waals surface area contributed by atoms with Crippen molar-refractivity contribution in [3.63, 3.8) is 0 Å². The van der Waals surface area contributed by atoms with Crippen molar-refractivity contribution in [3.05, 3.63) is 41.3 Å². The summed E-state index contributed by atoms with van der Waals surface area (Å²) in [5.74, 6) is 0.678. The van der Waals surface area contributed by atoms with Crippen molar-refractivity contribution < 1.29 is 13.7 Å². The molecule has 1 aromatic heterocycles. The average molecular weight is 303 g/mol. The van der Waals surface area contributed by atoms with Crippen molar-refractivity contribution in [3.8, 4) is 0 Å². The third-order valence-corrected chi connectivity index (χ3v) is 3.96. The van der Waals surface area contributed by atoms with E-state index in [0.29, 0.717) is 35.9 Å². The molecule has 1 fully saturated rings. The zero-order chi connectivity index (χ0) is 15.7. The van der Waals surface area contributed by atoms with Gasteiger partial charge in [0.05, 0.1) is 5.92 Å². The molecule has 116 valence electrons. The average Bonchev–Trinajstić information content (AvgIpc) is 3.09. The van der Waals surface area contributed by atoms with Gasteiger partial charge in [-0.05, 0) is 25.5 Å². The van der Waals surface area contributed by atoms with Crippen molar-refractivity contribution in [2.45, 2.75) is 39.0 Å². The number of aromatic nitrogens is 2. The van der Waals surface area contributed by atoms with Crippen molar-refractivity contribution in [2.75, 3.05) is 11.4 Å². The van der Waals surface area contributed by atoms with Gasteiger partial charge in [0.25, 0.3) is 0 Å². The topological polar surface area (TPSA) is 59.2 Å². The van der Waals surface area contributed by atoms with Gasteiger partial charge in [-0.2, -0.15) is 4.98 Å². The van der Waals surface area contributed by atoms with Crippen molar-refractivity contribution in [2.24, 2.45) is 0 Å². The first-order valence-corrected chi connectivity index (χ1v) is 7.48. The highest BCUT2D eigenvalue weighted by molar-refractivity contribution is 5.97. The Morgan fingerprint density at radius 3 is 3.05 bits per heavy atom. The maximum atomic E-state index is 13.7. The monoisotopic (exact) mass is 303 g/mol. The summed E-state index contributed by atoms with van der Waals surface area (Å²) in [6, 6.07) is 4.77. The number of carbonyl (C=O) groups excluding carboxylic acids is 1. The summed E-state index contributed by atoms with van der Waals surface area (Å²) >= 11 is 0. The Labute approximate surface area is 128 Å². The van der Waals surface area contributed by atoms with Crippen LogP contribution in [0, 0.1) is 12.7 Å². The Bertz CT molecular complexity index is 698. The Balaban J connectivity index is 1.82. The minimum atomic E-state index is -0.309. The van der Waals surface area contributed by atoms with Crippen molar-refractivity contribution >= 4 is 11.6 Å². The zero-order valence-electron chi connectivity index (χ0n) is 12.7. The first-order valence-electron chi connectivity index (χ1n) is 7.48. The van der Waals surface area contributed by atoms with Crippen LogP contribution in [0.4, 0.5) is 10.1 Å². The van der Waals surface area contributed by atoms with Gasteiger partial charge < -0.3 is 9.42 Å². The molecule has 1 amide bonds. The molecule has 0 N–H and O–H groups in total. The number of amides is 1. The molecule has 3 rings (SSSR count). The number of hydrogen-bond acceptors (Lipinski definition) is 4. The summed E-state index contributed by atoms with van der Waals surface area (Å²) in [5, 5.41) is 3.93. The van der Waals surface area contributed by atoms with Crippen LogP contribution < -0.4 is 4.90 Å². The van der Waals surface area contributed by atoms with E-state index in [1.165, 1.54) is 6.07 Å². The van der Waals surface area contributed by atoms with Crippen LogP contribution in [0.5, 0.6) is 0 Å². The van der Waals surface area contributed by atoms with E-state index < -0.39 is 0 Å². The number of hydrogen-bond donors (Lipinski definition) is 0. The van der Waals surface area contributed by atoms with Gasteiger partial charge in [0, 0.05) is 30.6 Å². The molecule has 1 saturated heterocycles. The Kier molecular flexibility index (Phi) is 3.92. The van der Waals surface area contributed by atoms with Gasteiger partial charge in [-0.25, -0.2) is 4.39 Å². The van der Waals surface area contributed by atoms with Crippen LogP contribution in [0.1, 0.15) is 43.0 Å². The fourth-order valence-corrected chi connectivity index (χ4v) is 2.75. The summed E-state index contributed by atoms with van der Waals surface area (Å²) in [7, 11) is 0. The fourth-order valence-electron chi connectivity index (χ4n) is 2.75. The third kappa shape index (κ3) is 2.61. The predicted octanol–water partition coefficient (Wildman–Crippen LogP) is 2.99. The molecule has 2 heterocycles. The first kappa shape index (κ1) is 14.7. The normalized spacial score (nSPS) is 18.2. The van der Waals surface area contributed by atoms with Crippen molar-refractivity contribution in [1.82, 2.24) is 10.1 Å². The standard InChI is InChI=1S/C16H18FN3O2/c1-3-5-14-18-16(22-19-14)11-8-15(21)20(9-11)13-7-4-6-12(17)10(13)2/h4,6-7,11H,3,5,8-9H2,1-2H3. The van der Waals surface area contributed by atoms with Crippen LogP contribution in [-0.4, -0.2) is 22.6 Å². The molecule has 1 atom stereocenters. The molecule has 22 heavy (non-hydrogen) atoms. The summed E-state index contributed by atoms with van der Waals surface area (Å²) < 4.78 is 19.0. The summed E-state index contributed by atoms with van der Waals surface area (Å²) in [5.41, 5.74) is 1.09. The first-order chi connectivity index (χ1) is 10.6. The van der Waals surface area contributed by atoms with E-state index >= 15 is 0 Å². The highest BCUT2D eigenvalue weighted by Gasteiger charge is 2.35. The molecular formula is C16H18FN3O2. The SMILES string of the molecule is CCCc1noc(C2CC(=O)N(c3cccc(F)c3C)C2)n1. The molecule has 0 radical (unpaired) electrons. The lowest BCUT2D eigenvalue weighted by molar-refractivity contribution is -0.117. The maximum absolute atomic E-state index is 13.7. The second-order valence-corrected chi connectivity index (χ2v) is 5.59. The molecule has 6 heteroatoms. The van der Waals surface area contributed by atoms with E-state index in [9.17, 15) is 9.18 Å². The van der Waals surface area contributed by atoms with Crippen LogP contribution in [0.25, 0.3) is 0 Å². The lowest BCUT2D eigenvalue weighted by atomic mass is 10.1. The van der Waals surface area contributed by atoms with Crippen LogP contribution in [0.2, 0.25) is 0 Å². The highest BCUT2D eigenvalue weighted by atomic mass is 19.1. The molecule has 1 aromatic carbocycles. The second-order valence-electron chi connectivity index (χ2n) is 5.59. The Morgan fingerprint density at radius 1 is 1.45 bits per heavy atom. The minimum absolute atomic E-state index is 0.0473. The fraction of sp³-hybridized carbons (Fsp3) is 0.438. The Morgan fingerprint density at radius 2 is 2.27 bits per heavy atom. The van der Waals surface area contributed by atoms with Crippen LogP contribution in [0.3, 0.4) is 0 Å². The second kappa shape index (κ2) is 5.87. The minimum Gasteiger partial charge on any atom is -0.339 e. The van der Waals surface area contributed by atoms with Crippen molar-refractivity contribution in [1.29, 1.82) is 0 Å². The van der Waals surface area contributed by atoms with E-state index in [4.69, 9.17) is 4.52 Å².